The Morgan fingerprint density at radius 2 is 1.06 bits per heavy atom. The van der Waals surface area contributed by atoms with E-state index in [-0.39, 0.29) is 32.5 Å². The average Bonchev–Trinajstić information content (AvgIpc) is 3.63. The lowest BCUT2D eigenvalue weighted by molar-refractivity contribution is 0.332. The van der Waals surface area contributed by atoms with Crippen LogP contribution in [0.4, 0.5) is 28.4 Å². The van der Waals surface area contributed by atoms with Crippen LogP contribution < -0.4 is 21.1 Å². The summed E-state index contributed by atoms with van der Waals surface area (Å²) in [5.41, 5.74) is 22.2. The Balaban J connectivity index is 1.18. The Hall–Kier alpha value is -4.80. The van der Waals surface area contributed by atoms with Gasteiger partial charge in [-0.05, 0) is 176 Å². The highest BCUT2D eigenvalue weighted by Crippen LogP contribution is 2.53. The molecule has 1 aromatic heterocycles. The van der Waals surface area contributed by atoms with Crippen molar-refractivity contribution < 1.29 is 0 Å². The molecule has 1 aliphatic heterocycles. The molecule has 0 unspecified atom stereocenters. The van der Waals surface area contributed by atoms with E-state index < -0.39 is 0 Å². The first-order valence-corrected chi connectivity index (χ1v) is 25.4. The van der Waals surface area contributed by atoms with E-state index in [1.54, 1.807) is 0 Å². The van der Waals surface area contributed by atoms with E-state index in [9.17, 15) is 0 Å². The zero-order chi connectivity index (χ0) is 45.8. The number of hydrogen-bond donors (Lipinski definition) is 1. The third-order valence-electron chi connectivity index (χ3n) is 17.1. The number of hydrogen-bond acceptors (Lipinski definition) is 3. The lowest BCUT2D eigenvalue weighted by Gasteiger charge is -2.45. The SMILES string of the molecule is Cc1cc(-c2c(Nc3ccc4c(c3)C(C)(C)CCC4(C)C)ccc3c2sc2ccccc23)c2c(c1)N(c1ccc3c(c1)C(C)(C)CCC3(C)C)c1cc3c(cc1[B]2)C(C)(C)CCC3(C)C. The highest BCUT2D eigenvalue weighted by atomic mass is 32.1. The number of thiophene rings is 1. The third-order valence-corrected chi connectivity index (χ3v) is 18.3. The van der Waals surface area contributed by atoms with E-state index in [0.29, 0.717) is 0 Å². The molecule has 0 bridgehead atoms. The molecular formula is C61H68BN2S. The van der Waals surface area contributed by atoms with Crippen molar-refractivity contribution in [1.29, 1.82) is 0 Å². The monoisotopic (exact) mass is 872 g/mol. The minimum Gasteiger partial charge on any atom is -0.355 e. The summed E-state index contributed by atoms with van der Waals surface area (Å²) in [4.78, 5) is 2.66. The Morgan fingerprint density at radius 3 is 1.71 bits per heavy atom. The van der Waals surface area contributed by atoms with Gasteiger partial charge in [0.25, 0.3) is 0 Å². The molecule has 2 heterocycles. The van der Waals surface area contributed by atoms with Crippen molar-refractivity contribution in [3.05, 3.63) is 136 Å². The second-order valence-electron chi connectivity index (χ2n) is 24.6. The maximum Gasteiger partial charge on any atom is 0.197 e. The highest BCUT2D eigenvalue weighted by Gasteiger charge is 2.42. The molecule has 0 atom stereocenters. The van der Waals surface area contributed by atoms with Crippen LogP contribution in [0.5, 0.6) is 0 Å². The summed E-state index contributed by atoms with van der Waals surface area (Å²) in [6.07, 6.45) is 7.17. The minimum absolute atomic E-state index is 0.0878. The van der Waals surface area contributed by atoms with E-state index >= 15 is 0 Å². The van der Waals surface area contributed by atoms with Gasteiger partial charge in [0.15, 0.2) is 7.28 Å². The lowest BCUT2D eigenvalue weighted by Crippen LogP contribution is -2.44. The van der Waals surface area contributed by atoms with Crippen LogP contribution in [-0.4, -0.2) is 7.28 Å². The smallest absolute Gasteiger partial charge is 0.197 e. The van der Waals surface area contributed by atoms with Crippen molar-refractivity contribution in [2.75, 3.05) is 10.2 Å². The second-order valence-corrected chi connectivity index (χ2v) is 25.6. The third kappa shape index (κ3) is 6.69. The predicted octanol–water partition coefficient (Wildman–Crippen LogP) is 16.3. The molecule has 0 saturated heterocycles. The van der Waals surface area contributed by atoms with Gasteiger partial charge in [-0.25, -0.2) is 0 Å². The van der Waals surface area contributed by atoms with Crippen LogP contribution in [0.3, 0.4) is 0 Å². The number of fused-ring (bicyclic) bond motifs is 8. The average molecular weight is 872 g/mol. The summed E-state index contributed by atoms with van der Waals surface area (Å²) in [7, 11) is 2.55. The first-order chi connectivity index (χ1) is 30.5. The molecule has 6 aromatic carbocycles. The highest BCUT2D eigenvalue weighted by molar-refractivity contribution is 7.26. The molecular weight excluding hydrogens is 804 g/mol. The lowest BCUT2D eigenvalue weighted by atomic mass is 9.55. The maximum atomic E-state index is 4.10. The second kappa shape index (κ2) is 14.1. The first-order valence-electron chi connectivity index (χ1n) is 24.6. The minimum atomic E-state index is 0.0878. The van der Waals surface area contributed by atoms with Crippen molar-refractivity contribution in [1.82, 2.24) is 0 Å². The van der Waals surface area contributed by atoms with Gasteiger partial charge in [-0.2, -0.15) is 0 Å². The maximum absolute atomic E-state index is 4.10. The number of nitrogens with zero attached hydrogens (tertiary/aromatic N) is 1. The predicted molar refractivity (Wildman–Crippen MR) is 285 cm³/mol. The molecule has 0 spiro atoms. The summed E-state index contributed by atoms with van der Waals surface area (Å²) in [6.45, 7) is 31.7. The van der Waals surface area contributed by atoms with Crippen LogP contribution in [0.15, 0.2) is 97.1 Å². The molecule has 1 N–H and O–H groups in total. The van der Waals surface area contributed by atoms with Crippen molar-refractivity contribution in [2.45, 2.75) is 161 Å². The van der Waals surface area contributed by atoms with Gasteiger partial charge in [0.05, 0.1) is 0 Å². The fraction of sp³-hybridized carbons (Fsp3) is 0.410. The summed E-state index contributed by atoms with van der Waals surface area (Å²) < 4.78 is 2.66. The number of aryl methyl sites for hydroxylation is 1. The van der Waals surface area contributed by atoms with E-state index in [0.717, 1.165) is 11.4 Å². The van der Waals surface area contributed by atoms with Gasteiger partial charge >= 0.3 is 0 Å². The zero-order valence-electron chi connectivity index (χ0n) is 41.4. The summed E-state index contributed by atoms with van der Waals surface area (Å²) in [5, 5.41) is 6.75. The van der Waals surface area contributed by atoms with Gasteiger partial charge in [-0.1, -0.05) is 137 Å². The van der Waals surface area contributed by atoms with Crippen LogP contribution >= 0.6 is 11.3 Å². The van der Waals surface area contributed by atoms with Crippen molar-refractivity contribution in [2.24, 2.45) is 0 Å². The van der Waals surface area contributed by atoms with Crippen LogP contribution in [-0.2, 0) is 32.5 Å². The van der Waals surface area contributed by atoms with E-state index in [2.05, 4.69) is 205 Å². The quantitative estimate of drug-likeness (QED) is 0.177. The Labute approximate surface area is 394 Å². The van der Waals surface area contributed by atoms with Crippen molar-refractivity contribution in [3.63, 3.8) is 0 Å². The van der Waals surface area contributed by atoms with Crippen LogP contribution in [0, 0.1) is 6.92 Å². The molecule has 0 fully saturated rings. The Kier molecular flexibility index (Phi) is 9.30. The molecule has 0 amide bonds. The number of anilines is 5. The standard InChI is InChI=1S/C61H68BN2S/c1-36-30-41(53-49(23-20-40-39-16-14-15-17-52(39)65-55(40)53)63-37-18-21-42-44(32-37)58(6,7)26-24-56(42,2)3)54-51(31-36)64(38-19-22-43-45(33-38)59(8,9)27-25-57(43,4)5)50-35-47-46(34-48(50)62-54)60(10,11)28-29-61(47,12)13/h14-23,30-35,63H,24-29H2,1-13H3. The first kappa shape index (κ1) is 42.8. The molecule has 331 valence electrons. The zero-order valence-corrected chi connectivity index (χ0v) is 42.2. The summed E-state index contributed by atoms with van der Waals surface area (Å²) in [6, 6.07) is 38.6. The fourth-order valence-electron chi connectivity index (χ4n) is 12.5. The van der Waals surface area contributed by atoms with Crippen LogP contribution in [0.25, 0.3) is 31.3 Å². The topological polar surface area (TPSA) is 15.3 Å². The molecule has 3 aliphatic carbocycles. The van der Waals surface area contributed by atoms with Gasteiger partial charge in [0.2, 0.25) is 0 Å². The van der Waals surface area contributed by atoms with Crippen molar-refractivity contribution in [3.8, 4) is 11.1 Å². The van der Waals surface area contributed by atoms with Gasteiger partial charge in [-0.15, -0.1) is 11.3 Å². The van der Waals surface area contributed by atoms with Gasteiger partial charge in [0, 0.05) is 54.2 Å². The Morgan fingerprint density at radius 1 is 0.508 bits per heavy atom. The van der Waals surface area contributed by atoms with Crippen LogP contribution in [0.1, 0.15) is 161 Å². The summed E-state index contributed by atoms with van der Waals surface area (Å²) in [5.74, 6) is 0. The Bertz CT molecular complexity index is 3130. The van der Waals surface area contributed by atoms with E-state index in [1.807, 2.05) is 11.3 Å². The van der Waals surface area contributed by atoms with E-state index in [1.165, 1.54) is 137 Å². The summed E-state index contributed by atoms with van der Waals surface area (Å²) >= 11 is 1.94. The molecule has 11 rings (SSSR count). The number of nitrogens with one attached hydrogen (secondary N) is 1. The van der Waals surface area contributed by atoms with Gasteiger partial charge in [0.1, 0.15) is 0 Å². The van der Waals surface area contributed by atoms with Crippen molar-refractivity contribution >= 4 is 78.2 Å². The molecule has 4 aliphatic rings. The van der Waals surface area contributed by atoms with Gasteiger partial charge < -0.3 is 10.2 Å². The normalized spacial score (nSPS) is 20.2. The van der Waals surface area contributed by atoms with Crippen LogP contribution in [0.2, 0.25) is 0 Å². The van der Waals surface area contributed by atoms with E-state index in [4.69, 9.17) is 0 Å². The molecule has 0 saturated carbocycles. The molecule has 2 nitrogen and oxygen atoms in total. The molecule has 4 heteroatoms. The number of benzene rings is 6. The van der Waals surface area contributed by atoms with Gasteiger partial charge in [-0.3, -0.25) is 0 Å². The molecule has 7 aromatic rings. The molecule has 1 radical (unpaired) electrons. The largest absolute Gasteiger partial charge is 0.355 e. The number of rotatable bonds is 4. The fourth-order valence-corrected chi connectivity index (χ4v) is 13.8. The molecule has 65 heavy (non-hydrogen) atoms.